The van der Waals surface area contributed by atoms with Gasteiger partial charge in [-0.1, -0.05) is 119 Å². The van der Waals surface area contributed by atoms with Crippen LogP contribution in [-0.2, 0) is 29.0 Å². The summed E-state index contributed by atoms with van der Waals surface area (Å²) in [6, 6.07) is 27.3. The summed E-state index contributed by atoms with van der Waals surface area (Å²) in [5.41, 5.74) is 3.26. The van der Waals surface area contributed by atoms with E-state index in [0.717, 1.165) is 16.7 Å². The molecule has 1 heterocycles. The second kappa shape index (κ2) is 17.2. The standard InChI is InChI=1S/C38H46N4O5/c1-25(2)34(42-38(46)47-24-29-18-12-7-13-19-29)37(45)41-31(21-28-16-10-6-11-17-28)33(43)22-30(20-27-14-8-5-9-15-27)36-39-23-32(40-36)35(44)26(3)4/h5-19,23,25-26,30-31,33-34,43H,20-22,24H2,1-4H3,(H,39,40)(H,41,45)(H,42,46)/t30-,31+,33+,34+/m1/s1. The van der Waals surface area contributed by atoms with Gasteiger partial charge in [0.25, 0.3) is 0 Å². The molecule has 0 aliphatic heterocycles. The lowest BCUT2D eigenvalue weighted by Gasteiger charge is -2.30. The molecule has 4 N–H and O–H groups in total. The van der Waals surface area contributed by atoms with Crippen LogP contribution in [0.2, 0.25) is 0 Å². The Labute approximate surface area is 277 Å². The van der Waals surface area contributed by atoms with Crippen LogP contribution in [0.1, 0.15) is 73.0 Å². The van der Waals surface area contributed by atoms with Gasteiger partial charge in [0, 0.05) is 11.8 Å². The molecule has 0 unspecified atom stereocenters. The number of H-pyrrole nitrogens is 1. The van der Waals surface area contributed by atoms with E-state index in [2.05, 4.69) is 20.6 Å². The predicted molar refractivity (Wildman–Crippen MR) is 182 cm³/mol. The molecule has 2 amide bonds. The molecule has 0 saturated carbocycles. The summed E-state index contributed by atoms with van der Waals surface area (Å²) in [5, 5.41) is 17.6. The number of Topliss-reactive ketones (excluding diaryl/α,β-unsaturated/α-hetero) is 1. The lowest BCUT2D eigenvalue weighted by molar-refractivity contribution is -0.125. The first-order valence-corrected chi connectivity index (χ1v) is 16.2. The maximum atomic E-state index is 13.7. The van der Waals surface area contributed by atoms with Crippen molar-refractivity contribution in [1.29, 1.82) is 0 Å². The number of aromatic amines is 1. The van der Waals surface area contributed by atoms with E-state index in [4.69, 9.17) is 4.74 Å². The molecule has 0 spiro atoms. The van der Waals surface area contributed by atoms with Crippen molar-refractivity contribution in [2.45, 2.75) is 77.7 Å². The van der Waals surface area contributed by atoms with Crippen LogP contribution in [0.25, 0.3) is 0 Å². The number of nitrogens with zero attached hydrogens (tertiary/aromatic N) is 1. The van der Waals surface area contributed by atoms with Gasteiger partial charge in [0.2, 0.25) is 5.91 Å². The van der Waals surface area contributed by atoms with Crippen LogP contribution >= 0.6 is 0 Å². The Morgan fingerprint density at radius 3 is 1.89 bits per heavy atom. The number of carbonyl (C=O) groups excluding carboxylic acids is 3. The fraction of sp³-hybridized carbons (Fsp3) is 0.368. The molecule has 9 heteroatoms. The Bertz CT molecular complexity index is 1560. The number of amides is 2. The number of alkyl carbamates (subject to hydrolysis) is 1. The number of ether oxygens (including phenoxy) is 1. The van der Waals surface area contributed by atoms with E-state index in [1.807, 2.05) is 119 Å². The van der Waals surface area contributed by atoms with Gasteiger partial charge in [0.1, 0.15) is 24.2 Å². The zero-order valence-corrected chi connectivity index (χ0v) is 27.6. The fourth-order valence-electron chi connectivity index (χ4n) is 5.48. The number of hydrogen-bond donors (Lipinski definition) is 4. The first-order valence-electron chi connectivity index (χ1n) is 16.2. The number of imidazole rings is 1. The van der Waals surface area contributed by atoms with Gasteiger partial charge in [-0.2, -0.15) is 0 Å². The molecule has 4 aromatic rings. The first kappa shape index (κ1) is 35.1. The summed E-state index contributed by atoms with van der Waals surface area (Å²) in [7, 11) is 0. The van der Waals surface area contributed by atoms with E-state index in [0.29, 0.717) is 24.4 Å². The van der Waals surface area contributed by atoms with Gasteiger partial charge in [-0.25, -0.2) is 9.78 Å². The molecule has 9 nitrogen and oxygen atoms in total. The molecule has 47 heavy (non-hydrogen) atoms. The van der Waals surface area contributed by atoms with Crippen molar-refractivity contribution in [2.75, 3.05) is 0 Å². The summed E-state index contributed by atoms with van der Waals surface area (Å²) in [4.78, 5) is 46.9. The monoisotopic (exact) mass is 638 g/mol. The molecule has 0 radical (unpaired) electrons. The average Bonchev–Trinajstić information content (AvgIpc) is 3.57. The van der Waals surface area contributed by atoms with Crippen molar-refractivity contribution in [3.05, 3.63) is 125 Å². The van der Waals surface area contributed by atoms with Crippen molar-refractivity contribution in [1.82, 2.24) is 20.6 Å². The van der Waals surface area contributed by atoms with Gasteiger partial charge in [-0.15, -0.1) is 0 Å². The summed E-state index contributed by atoms with van der Waals surface area (Å²) < 4.78 is 5.38. The molecule has 0 fully saturated rings. The Hall–Kier alpha value is -4.76. The summed E-state index contributed by atoms with van der Waals surface area (Å²) >= 11 is 0. The van der Waals surface area contributed by atoms with Crippen LogP contribution in [0, 0.1) is 11.8 Å². The maximum absolute atomic E-state index is 13.7. The van der Waals surface area contributed by atoms with Crippen LogP contribution in [0.3, 0.4) is 0 Å². The Morgan fingerprint density at radius 1 is 0.787 bits per heavy atom. The molecule has 0 bridgehead atoms. The molecule has 1 aromatic heterocycles. The van der Waals surface area contributed by atoms with E-state index in [-0.39, 0.29) is 36.6 Å². The second-order valence-electron chi connectivity index (χ2n) is 12.6. The van der Waals surface area contributed by atoms with Crippen LogP contribution in [0.15, 0.2) is 97.2 Å². The number of benzene rings is 3. The van der Waals surface area contributed by atoms with E-state index >= 15 is 0 Å². The Balaban J connectivity index is 1.53. The molecule has 4 rings (SSSR count). The molecular formula is C38H46N4O5. The van der Waals surface area contributed by atoms with E-state index in [1.165, 1.54) is 0 Å². The zero-order chi connectivity index (χ0) is 33.8. The number of ketones is 1. The highest BCUT2D eigenvalue weighted by Gasteiger charge is 2.32. The minimum absolute atomic E-state index is 0.0356. The topological polar surface area (TPSA) is 133 Å². The predicted octanol–water partition coefficient (Wildman–Crippen LogP) is 6.00. The maximum Gasteiger partial charge on any atom is 0.408 e. The normalized spacial score (nSPS) is 13.9. The highest BCUT2D eigenvalue weighted by atomic mass is 16.5. The van der Waals surface area contributed by atoms with Gasteiger partial charge in [-0.05, 0) is 41.9 Å². The Morgan fingerprint density at radius 2 is 1.34 bits per heavy atom. The van der Waals surface area contributed by atoms with Gasteiger partial charge in [0.05, 0.1) is 18.3 Å². The summed E-state index contributed by atoms with van der Waals surface area (Å²) in [6.45, 7) is 7.44. The van der Waals surface area contributed by atoms with Crippen molar-refractivity contribution in [3.63, 3.8) is 0 Å². The molecule has 0 aliphatic carbocycles. The lowest BCUT2D eigenvalue weighted by atomic mass is 9.88. The minimum atomic E-state index is -0.986. The average molecular weight is 639 g/mol. The third-order valence-corrected chi connectivity index (χ3v) is 8.15. The number of hydrogen-bond acceptors (Lipinski definition) is 6. The third-order valence-electron chi connectivity index (χ3n) is 8.15. The van der Waals surface area contributed by atoms with Crippen LogP contribution in [-0.4, -0.2) is 51.0 Å². The molecule has 248 valence electrons. The van der Waals surface area contributed by atoms with Crippen LogP contribution in [0.5, 0.6) is 0 Å². The number of nitrogens with one attached hydrogen (secondary N) is 3. The van der Waals surface area contributed by atoms with Crippen molar-refractivity contribution < 1.29 is 24.2 Å². The number of rotatable bonds is 16. The van der Waals surface area contributed by atoms with Crippen molar-refractivity contribution in [2.24, 2.45) is 11.8 Å². The number of aliphatic hydroxyl groups is 1. The molecular weight excluding hydrogens is 592 g/mol. The fourth-order valence-corrected chi connectivity index (χ4v) is 5.48. The van der Waals surface area contributed by atoms with E-state index in [1.54, 1.807) is 6.20 Å². The van der Waals surface area contributed by atoms with Gasteiger partial charge >= 0.3 is 6.09 Å². The van der Waals surface area contributed by atoms with Crippen molar-refractivity contribution in [3.8, 4) is 0 Å². The van der Waals surface area contributed by atoms with Gasteiger partial charge in [-0.3, -0.25) is 9.59 Å². The Kier molecular flexibility index (Phi) is 12.9. The number of carbonyl (C=O) groups is 3. The molecule has 0 saturated heterocycles. The zero-order valence-electron chi connectivity index (χ0n) is 27.6. The van der Waals surface area contributed by atoms with Gasteiger partial charge in [0.15, 0.2) is 5.78 Å². The largest absolute Gasteiger partial charge is 0.445 e. The van der Waals surface area contributed by atoms with Gasteiger partial charge < -0.3 is 25.5 Å². The quantitative estimate of drug-likeness (QED) is 0.111. The number of aromatic nitrogens is 2. The third kappa shape index (κ3) is 10.6. The lowest BCUT2D eigenvalue weighted by Crippen LogP contribution is -2.55. The summed E-state index contributed by atoms with van der Waals surface area (Å²) in [6.07, 6.45) is 1.06. The van der Waals surface area contributed by atoms with Crippen molar-refractivity contribution >= 4 is 17.8 Å². The smallest absolute Gasteiger partial charge is 0.408 e. The van der Waals surface area contributed by atoms with E-state index in [9.17, 15) is 19.5 Å². The summed E-state index contributed by atoms with van der Waals surface area (Å²) in [5.74, 6) is -0.567. The minimum Gasteiger partial charge on any atom is -0.445 e. The van der Waals surface area contributed by atoms with E-state index < -0.39 is 30.2 Å². The molecule has 3 aromatic carbocycles. The highest BCUT2D eigenvalue weighted by molar-refractivity contribution is 5.95. The highest BCUT2D eigenvalue weighted by Crippen LogP contribution is 2.26. The first-order chi connectivity index (χ1) is 22.6. The van der Waals surface area contributed by atoms with Crippen LogP contribution in [0.4, 0.5) is 4.79 Å². The molecule has 4 atom stereocenters. The SMILES string of the molecule is CC(C)C(=O)c1cnc([C@H](Cc2ccccc2)C[C@H](O)[C@H](Cc2ccccc2)NC(=O)[C@@H](NC(=O)OCc2ccccc2)C(C)C)[nH]1. The number of aliphatic hydroxyl groups excluding tert-OH is 1. The van der Waals surface area contributed by atoms with Crippen LogP contribution < -0.4 is 10.6 Å². The second-order valence-corrected chi connectivity index (χ2v) is 12.6. The molecule has 0 aliphatic rings.